The maximum absolute atomic E-state index is 12.1. The Hall–Kier alpha value is -1.08. The standard InChI is InChI=1S/C12H24N2O4S/c1-7-9-10(3)14(19(16,17)13-8-2)11(15)18-12(4,5)6/h7,10,13H,1,8-9H2,2-6H3/t10-/m1/s1. The number of carbonyl (C=O) groups excluding carboxylic acids is 1. The summed E-state index contributed by atoms with van der Waals surface area (Å²) in [6, 6.07) is -0.559. The van der Waals surface area contributed by atoms with Crippen LogP contribution in [0.25, 0.3) is 0 Å². The number of hydrogen-bond acceptors (Lipinski definition) is 4. The van der Waals surface area contributed by atoms with Crippen molar-refractivity contribution in [3.63, 3.8) is 0 Å². The third-order valence-electron chi connectivity index (χ3n) is 2.07. The highest BCUT2D eigenvalue weighted by Gasteiger charge is 2.34. The summed E-state index contributed by atoms with van der Waals surface area (Å²) in [5.74, 6) is 0. The van der Waals surface area contributed by atoms with Gasteiger partial charge in [0.25, 0.3) is 0 Å². The molecule has 0 aromatic rings. The summed E-state index contributed by atoms with van der Waals surface area (Å²) in [6.07, 6.45) is 1.02. The van der Waals surface area contributed by atoms with Gasteiger partial charge in [0.05, 0.1) is 6.04 Å². The Morgan fingerprint density at radius 2 is 2.00 bits per heavy atom. The van der Waals surface area contributed by atoms with Gasteiger partial charge in [-0.1, -0.05) is 13.0 Å². The smallest absolute Gasteiger partial charge is 0.425 e. The summed E-state index contributed by atoms with van der Waals surface area (Å²) in [6.45, 7) is 12.1. The predicted octanol–water partition coefficient (Wildman–Crippen LogP) is 2.04. The van der Waals surface area contributed by atoms with Crippen LogP contribution in [0.1, 0.15) is 41.0 Å². The van der Waals surface area contributed by atoms with E-state index in [-0.39, 0.29) is 6.54 Å². The van der Waals surface area contributed by atoms with Crippen LogP contribution < -0.4 is 4.72 Å². The van der Waals surface area contributed by atoms with Crippen LogP contribution in [0.4, 0.5) is 4.79 Å². The van der Waals surface area contributed by atoms with Crippen LogP contribution in [0, 0.1) is 0 Å². The number of rotatable bonds is 6. The van der Waals surface area contributed by atoms with Crippen molar-refractivity contribution in [3.05, 3.63) is 12.7 Å². The first-order valence-electron chi connectivity index (χ1n) is 6.18. The van der Waals surface area contributed by atoms with Crippen molar-refractivity contribution < 1.29 is 17.9 Å². The second-order valence-corrected chi connectivity index (χ2v) is 6.78. The Labute approximate surface area is 116 Å². The van der Waals surface area contributed by atoms with E-state index < -0.39 is 27.9 Å². The summed E-state index contributed by atoms with van der Waals surface area (Å²) in [5, 5.41) is 0. The van der Waals surface area contributed by atoms with Crippen LogP contribution in [-0.4, -0.2) is 37.0 Å². The normalized spacial score (nSPS) is 13.7. The fourth-order valence-electron chi connectivity index (χ4n) is 1.41. The van der Waals surface area contributed by atoms with Gasteiger partial charge in [-0.15, -0.1) is 6.58 Å². The molecule has 0 radical (unpaired) electrons. The zero-order valence-corrected chi connectivity index (χ0v) is 13.1. The molecule has 6 nitrogen and oxygen atoms in total. The molecule has 0 fully saturated rings. The number of amides is 1. The summed E-state index contributed by atoms with van der Waals surface area (Å²) in [5.41, 5.74) is -0.759. The zero-order valence-electron chi connectivity index (χ0n) is 12.3. The van der Waals surface area contributed by atoms with E-state index in [1.807, 2.05) is 0 Å². The van der Waals surface area contributed by atoms with Crippen molar-refractivity contribution in [2.24, 2.45) is 0 Å². The first-order chi connectivity index (χ1) is 8.55. The molecule has 0 rings (SSSR count). The number of nitrogens with one attached hydrogen (secondary N) is 1. The van der Waals surface area contributed by atoms with Crippen molar-refractivity contribution in [2.45, 2.75) is 52.7 Å². The SMILES string of the molecule is C=CC[C@@H](C)N(C(=O)OC(C)(C)C)S(=O)(=O)NCC. The summed E-state index contributed by atoms with van der Waals surface area (Å²) < 4.78 is 32.3. The molecular weight excluding hydrogens is 268 g/mol. The van der Waals surface area contributed by atoms with Crippen molar-refractivity contribution in [3.8, 4) is 0 Å². The van der Waals surface area contributed by atoms with Gasteiger partial charge in [-0.2, -0.15) is 17.4 Å². The zero-order chi connectivity index (χ0) is 15.3. The molecule has 0 unspecified atom stereocenters. The molecule has 0 saturated carbocycles. The van der Waals surface area contributed by atoms with Crippen molar-refractivity contribution >= 4 is 16.3 Å². The van der Waals surface area contributed by atoms with E-state index in [1.54, 1.807) is 40.7 Å². The molecule has 0 heterocycles. The Morgan fingerprint density at radius 1 is 1.47 bits per heavy atom. The summed E-state index contributed by atoms with van der Waals surface area (Å²) in [7, 11) is -3.90. The number of ether oxygens (including phenoxy) is 1. The van der Waals surface area contributed by atoms with Gasteiger partial charge in [0.1, 0.15) is 5.60 Å². The Kier molecular flexibility index (Phi) is 6.51. The molecule has 0 spiro atoms. The molecule has 1 amide bonds. The van der Waals surface area contributed by atoms with Gasteiger partial charge in [0, 0.05) is 6.54 Å². The minimum atomic E-state index is -3.90. The van der Waals surface area contributed by atoms with E-state index in [4.69, 9.17) is 4.74 Å². The van der Waals surface area contributed by atoms with Crippen LogP contribution in [-0.2, 0) is 14.9 Å². The van der Waals surface area contributed by atoms with E-state index in [0.717, 1.165) is 4.31 Å². The quantitative estimate of drug-likeness (QED) is 0.760. The van der Waals surface area contributed by atoms with Crippen molar-refractivity contribution in [1.82, 2.24) is 9.03 Å². The third kappa shape index (κ3) is 6.07. The Bertz CT molecular complexity index is 412. The van der Waals surface area contributed by atoms with E-state index in [9.17, 15) is 13.2 Å². The molecule has 0 aliphatic rings. The predicted molar refractivity (Wildman–Crippen MR) is 74.9 cm³/mol. The van der Waals surface area contributed by atoms with Gasteiger partial charge < -0.3 is 4.74 Å². The lowest BCUT2D eigenvalue weighted by atomic mass is 10.2. The first-order valence-corrected chi connectivity index (χ1v) is 7.62. The maximum atomic E-state index is 12.1. The van der Waals surface area contributed by atoms with E-state index in [2.05, 4.69) is 11.3 Å². The topological polar surface area (TPSA) is 75.7 Å². The average molecular weight is 292 g/mol. The minimum Gasteiger partial charge on any atom is -0.443 e. The highest BCUT2D eigenvalue weighted by molar-refractivity contribution is 7.87. The van der Waals surface area contributed by atoms with Crippen LogP contribution in [0.5, 0.6) is 0 Å². The highest BCUT2D eigenvalue weighted by Crippen LogP contribution is 2.16. The maximum Gasteiger partial charge on any atom is 0.425 e. The molecule has 1 N–H and O–H groups in total. The largest absolute Gasteiger partial charge is 0.443 e. The van der Waals surface area contributed by atoms with E-state index in [1.165, 1.54) is 0 Å². The summed E-state index contributed by atoms with van der Waals surface area (Å²) in [4.78, 5) is 12.0. The van der Waals surface area contributed by atoms with Gasteiger partial charge in [-0.05, 0) is 34.1 Å². The minimum absolute atomic E-state index is 0.197. The number of nitrogens with zero attached hydrogens (tertiary/aromatic N) is 1. The molecule has 0 aliphatic heterocycles. The molecular formula is C12H24N2O4S. The van der Waals surface area contributed by atoms with Gasteiger partial charge in [0.2, 0.25) is 0 Å². The van der Waals surface area contributed by atoms with Crippen LogP contribution >= 0.6 is 0 Å². The molecule has 0 bridgehead atoms. The van der Waals surface area contributed by atoms with Crippen molar-refractivity contribution in [1.29, 1.82) is 0 Å². The van der Waals surface area contributed by atoms with Gasteiger partial charge in [-0.25, -0.2) is 4.79 Å². The number of carbonyl (C=O) groups is 1. The van der Waals surface area contributed by atoms with Crippen LogP contribution in [0.2, 0.25) is 0 Å². The van der Waals surface area contributed by atoms with E-state index >= 15 is 0 Å². The monoisotopic (exact) mass is 292 g/mol. The molecule has 0 aromatic heterocycles. The average Bonchev–Trinajstić information content (AvgIpc) is 2.13. The van der Waals surface area contributed by atoms with Crippen LogP contribution in [0.3, 0.4) is 0 Å². The van der Waals surface area contributed by atoms with E-state index in [0.29, 0.717) is 6.42 Å². The van der Waals surface area contributed by atoms with Gasteiger partial charge >= 0.3 is 16.3 Å². The van der Waals surface area contributed by atoms with Crippen molar-refractivity contribution in [2.75, 3.05) is 6.54 Å². The Morgan fingerprint density at radius 3 is 2.37 bits per heavy atom. The molecule has 0 saturated heterocycles. The lowest BCUT2D eigenvalue weighted by molar-refractivity contribution is 0.0347. The second-order valence-electron chi connectivity index (χ2n) is 5.15. The summed E-state index contributed by atoms with van der Waals surface area (Å²) >= 11 is 0. The van der Waals surface area contributed by atoms with Gasteiger partial charge in [-0.3, -0.25) is 0 Å². The molecule has 112 valence electrons. The van der Waals surface area contributed by atoms with Crippen LogP contribution in [0.15, 0.2) is 12.7 Å². The highest BCUT2D eigenvalue weighted by atomic mass is 32.2. The first kappa shape index (κ1) is 17.9. The molecule has 0 aromatic carbocycles. The second kappa shape index (κ2) is 6.91. The fraction of sp³-hybridized carbons (Fsp3) is 0.750. The lowest BCUT2D eigenvalue weighted by Gasteiger charge is -2.30. The number of hydrogen-bond donors (Lipinski definition) is 1. The molecule has 1 atom stereocenters. The lowest BCUT2D eigenvalue weighted by Crippen LogP contribution is -2.50. The molecule has 7 heteroatoms. The third-order valence-corrected chi connectivity index (χ3v) is 3.75. The van der Waals surface area contributed by atoms with Gasteiger partial charge in [0.15, 0.2) is 0 Å². The Balaban J connectivity index is 5.29. The fourth-order valence-corrected chi connectivity index (χ4v) is 2.71. The molecule has 19 heavy (non-hydrogen) atoms. The molecule has 0 aliphatic carbocycles.